The number of benzene rings is 1. The molecule has 0 saturated carbocycles. The summed E-state index contributed by atoms with van der Waals surface area (Å²) in [5.41, 5.74) is 6.66. The number of amides is 2. The van der Waals surface area contributed by atoms with Crippen LogP contribution in [0.3, 0.4) is 0 Å². The van der Waals surface area contributed by atoms with Crippen molar-refractivity contribution in [3.05, 3.63) is 35.4 Å². The second-order valence-corrected chi connectivity index (χ2v) is 7.01. The van der Waals surface area contributed by atoms with E-state index < -0.39 is 0 Å². The van der Waals surface area contributed by atoms with Gasteiger partial charge in [0.15, 0.2) is 0 Å². The zero-order valence-corrected chi connectivity index (χ0v) is 15.6. The van der Waals surface area contributed by atoms with E-state index in [4.69, 9.17) is 0 Å². The van der Waals surface area contributed by atoms with E-state index in [-0.39, 0.29) is 11.8 Å². The molecule has 0 bridgehead atoms. The van der Waals surface area contributed by atoms with Crippen molar-refractivity contribution in [3.63, 3.8) is 0 Å². The molecule has 0 spiro atoms. The van der Waals surface area contributed by atoms with Crippen LogP contribution < -0.4 is 10.9 Å². The maximum atomic E-state index is 12.7. The number of hydrogen-bond donors (Lipinski definition) is 2. The number of likely N-dealkylation sites (N-methyl/N-ethyl adjacent to an activating group) is 2. The highest BCUT2D eigenvalue weighted by Gasteiger charge is 2.22. The Morgan fingerprint density at radius 3 is 1.38 bits per heavy atom. The Balaban J connectivity index is 1.63. The number of carbonyl (C=O) groups is 2. The number of nitrogens with one attached hydrogen (secondary N) is 2. The highest BCUT2D eigenvalue weighted by Crippen LogP contribution is 2.10. The van der Waals surface area contributed by atoms with Gasteiger partial charge in [0.1, 0.15) is 0 Å². The molecule has 0 radical (unpaired) electrons. The fraction of sp³-hybridized carbons (Fsp3) is 0.556. The number of nitrogens with zero attached hydrogens (tertiary/aromatic N) is 4. The van der Waals surface area contributed by atoms with Crippen molar-refractivity contribution in [2.45, 2.75) is 0 Å². The summed E-state index contributed by atoms with van der Waals surface area (Å²) in [5.74, 6) is -0.475. The largest absolute Gasteiger partial charge is 0.304 e. The molecule has 3 rings (SSSR count). The van der Waals surface area contributed by atoms with Gasteiger partial charge in [-0.2, -0.15) is 0 Å². The highest BCUT2D eigenvalue weighted by molar-refractivity contribution is 6.06. The summed E-state index contributed by atoms with van der Waals surface area (Å²) < 4.78 is 0. The van der Waals surface area contributed by atoms with Crippen molar-refractivity contribution in [1.29, 1.82) is 0 Å². The predicted octanol–water partition coefficient (Wildman–Crippen LogP) is -0.529. The van der Waals surface area contributed by atoms with Gasteiger partial charge in [-0.1, -0.05) is 12.1 Å². The van der Waals surface area contributed by atoms with Gasteiger partial charge in [0.2, 0.25) is 0 Å². The minimum Gasteiger partial charge on any atom is -0.304 e. The van der Waals surface area contributed by atoms with E-state index in [0.29, 0.717) is 11.1 Å². The summed E-state index contributed by atoms with van der Waals surface area (Å²) in [6, 6.07) is 6.96. The SMILES string of the molecule is CN1CCN(NC(=O)c2ccccc2C(=O)NN2CCN(C)CC2)CC1. The Bertz CT molecular complexity index is 581. The predicted molar refractivity (Wildman–Crippen MR) is 99.5 cm³/mol. The van der Waals surface area contributed by atoms with Crippen LogP contribution in [0, 0.1) is 0 Å². The summed E-state index contributed by atoms with van der Waals surface area (Å²) in [4.78, 5) is 29.8. The van der Waals surface area contributed by atoms with Crippen LogP contribution in [-0.2, 0) is 0 Å². The van der Waals surface area contributed by atoms with E-state index in [1.807, 2.05) is 10.0 Å². The third-order valence-electron chi connectivity index (χ3n) is 4.94. The second kappa shape index (κ2) is 8.59. The van der Waals surface area contributed by atoms with E-state index >= 15 is 0 Å². The molecule has 2 saturated heterocycles. The van der Waals surface area contributed by atoms with Crippen molar-refractivity contribution in [3.8, 4) is 0 Å². The highest BCUT2D eigenvalue weighted by atomic mass is 16.2. The molecule has 2 fully saturated rings. The standard InChI is InChI=1S/C18H28N6O2/c1-21-7-11-23(12-8-21)19-17(25)15-5-3-4-6-16(15)18(26)20-24-13-9-22(2)10-14-24/h3-6H,7-14H2,1-2H3,(H,19,25)(H,20,26). The third kappa shape index (κ3) is 4.79. The van der Waals surface area contributed by atoms with Gasteiger partial charge in [-0.3, -0.25) is 20.4 Å². The summed E-state index contributed by atoms with van der Waals surface area (Å²) in [7, 11) is 4.13. The Labute approximate surface area is 154 Å². The summed E-state index contributed by atoms with van der Waals surface area (Å²) in [6.45, 7) is 6.74. The third-order valence-corrected chi connectivity index (χ3v) is 4.94. The molecule has 2 amide bonds. The molecule has 0 aliphatic carbocycles. The van der Waals surface area contributed by atoms with Crippen LogP contribution in [0.5, 0.6) is 0 Å². The molecule has 1 aromatic rings. The van der Waals surface area contributed by atoms with Crippen molar-refractivity contribution < 1.29 is 9.59 Å². The quantitative estimate of drug-likeness (QED) is 0.752. The normalized spacial score (nSPS) is 20.7. The lowest BCUT2D eigenvalue weighted by atomic mass is 10.1. The molecule has 2 heterocycles. The van der Waals surface area contributed by atoms with Crippen LogP contribution in [0.25, 0.3) is 0 Å². The van der Waals surface area contributed by atoms with Gasteiger partial charge in [-0.05, 0) is 26.2 Å². The topological polar surface area (TPSA) is 71.2 Å². The Morgan fingerprint density at radius 2 is 1.04 bits per heavy atom. The van der Waals surface area contributed by atoms with Crippen molar-refractivity contribution in [1.82, 2.24) is 30.7 Å². The van der Waals surface area contributed by atoms with Gasteiger partial charge in [-0.15, -0.1) is 0 Å². The molecule has 26 heavy (non-hydrogen) atoms. The Kier molecular flexibility index (Phi) is 6.20. The first-order valence-corrected chi connectivity index (χ1v) is 9.11. The first-order valence-electron chi connectivity index (χ1n) is 9.11. The van der Waals surface area contributed by atoms with Crippen LogP contribution in [0.2, 0.25) is 0 Å². The molecular weight excluding hydrogens is 332 g/mol. The van der Waals surface area contributed by atoms with Crippen molar-refractivity contribution in [2.75, 3.05) is 66.5 Å². The monoisotopic (exact) mass is 360 g/mol. The lowest BCUT2D eigenvalue weighted by molar-refractivity contribution is 0.0630. The lowest BCUT2D eigenvalue weighted by Gasteiger charge is -2.33. The molecule has 0 unspecified atom stereocenters. The molecule has 2 N–H and O–H groups in total. The first kappa shape index (κ1) is 18.8. The fourth-order valence-corrected chi connectivity index (χ4v) is 3.12. The molecule has 8 heteroatoms. The molecule has 2 aliphatic heterocycles. The van der Waals surface area contributed by atoms with Crippen molar-refractivity contribution >= 4 is 11.8 Å². The molecule has 142 valence electrons. The average Bonchev–Trinajstić information content (AvgIpc) is 2.65. The molecule has 8 nitrogen and oxygen atoms in total. The molecular formula is C18H28N6O2. The Morgan fingerprint density at radius 1 is 0.692 bits per heavy atom. The van der Waals surface area contributed by atoms with E-state index in [1.54, 1.807) is 24.3 Å². The lowest BCUT2D eigenvalue weighted by Crippen LogP contribution is -2.53. The molecule has 1 aromatic carbocycles. The zero-order valence-electron chi connectivity index (χ0n) is 15.6. The smallest absolute Gasteiger partial charge is 0.266 e. The number of hydrazine groups is 2. The van der Waals surface area contributed by atoms with Crippen LogP contribution in [0.4, 0.5) is 0 Å². The summed E-state index contributed by atoms with van der Waals surface area (Å²) in [6.07, 6.45) is 0. The van der Waals surface area contributed by atoms with Gasteiger partial charge in [0.25, 0.3) is 11.8 Å². The van der Waals surface area contributed by atoms with E-state index in [2.05, 4.69) is 34.7 Å². The first-order chi connectivity index (χ1) is 12.5. The van der Waals surface area contributed by atoms with Gasteiger partial charge < -0.3 is 9.80 Å². The van der Waals surface area contributed by atoms with Crippen LogP contribution >= 0.6 is 0 Å². The fourth-order valence-electron chi connectivity index (χ4n) is 3.12. The number of rotatable bonds is 4. The maximum absolute atomic E-state index is 12.7. The number of hydrogen-bond acceptors (Lipinski definition) is 6. The Hall–Kier alpha value is -2.00. The molecule has 0 aromatic heterocycles. The minimum atomic E-state index is -0.237. The summed E-state index contributed by atoms with van der Waals surface area (Å²) >= 11 is 0. The molecule has 0 atom stereocenters. The van der Waals surface area contributed by atoms with Crippen molar-refractivity contribution in [2.24, 2.45) is 0 Å². The van der Waals surface area contributed by atoms with Crippen LogP contribution in [0.15, 0.2) is 24.3 Å². The zero-order chi connectivity index (χ0) is 18.5. The minimum absolute atomic E-state index is 0.237. The summed E-state index contributed by atoms with van der Waals surface area (Å²) in [5, 5.41) is 3.83. The van der Waals surface area contributed by atoms with Gasteiger partial charge in [0, 0.05) is 52.4 Å². The average molecular weight is 360 g/mol. The van der Waals surface area contributed by atoms with E-state index in [1.165, 1.54) is 0 Å². The van der Waals surface area contributed by atoms with Gasteiger partial charge >= 0.3 is 0 Å². The number of carbonyl (C=O) groups excluding carboxylic acids is 2. The van der Waals surface area contributed by atoms with Crippen LogP contribution in [-0.4, -0.2) is 98.1 Å². The van der Waals surface area contributed by atoms with Gasteiger partial charge in [0.05, 0.1) is 11.1 Å². The van der Waals surface area contributed by atoms with E-state index in [0.717, 1.165) is 52.4 Å². The van der Waals surface area contributed by atoms with Crippen LogP contribution in [0.1, 0.15) is 20.7 Å². The van der Waals surface area contributed by atoms with Gasteiger partial charge in [-0.25, -0.2) is 10.0 Å². The second-order valence-electron chi connectivity index (χ2n) is 7.01. The number of piperazine rings is 2. The van der Waals surface area contributed by atoms with E-state index in [9.17, 15) is 9.59 Å². The molecule has 2 aliphatic rings. The maximum Gasteiger partial charge on any atom is 0.266 e.